The molecule has 3 rings (SSSR count). The highest BCUT2D eigenvalue weighted by Gasteiger charge is 2.07. The van der Waals surface area contributed by atoms with Crippen LogP contribution in [0.5, 0.6) is 0 Å². The molecule has 2 aliphatic rings. The molecule has 2 heteroatoms. The Hall–Kier alpha value is -2.22. The predicted molar refractivity (Wildman–Crippen MR) is 64.6 cm³/mol. The van der Waals surface area contributed by atoms with Crippen molar-refractivity contribution in [2.75, 3.05) is 0 Å². The van der Waals surface area contributed by atoms with E-state index in [0.29, 0.717) is 0 Å². The molecule has 0 saturated carbocycles. The SMILES string of the molecule is O=c1cccc2cncc3ccccc3c1-2. The van der Waals surface area contributed by atoms with Crippen molar-refractivity contribution in [2.45, 2.75) is 0 Å². The summed E-state index contributed by atoms with van der Waals surface area (Å²) in [6, 6.07) is 13.1. The first kappa shape index (κ1) is 9.04. The second kappa shape index (κ2) is 3.42. The number of benzene rings is 2. The van der Waals surface area contributed by atoms with Crippen molar-refractivity contribution in [3.63, 3.8) is 0 Å². The number of aromatic nitrogens is 1. The number of hydrogen-bond donors (Lipinski definition) is 0. The third kappa shape index (κ3) is 1.27. The zero-order valence-corrected chi connectivity index (χ0v) is 8.55. The fourth-order valence-corrected chi connectivity index (χ4v) is 1.98. The molecule has 1 aromatic carbocycles. The van der Waals surface area contributed by atoms with E-state index < -0.39 is 0 Å². The monoisotopic (exact) mass is 207 g/mol. The Bertz CT molecular complexity index is 691. The molecule has 0 bridgehead atoms. The first-order valence-electron chi connectivity index (χ1n) is 5.12. The van der Waals surface area contributed by atoms with Gasteiger partial charge in [0.25, 0.3) is 0 Å². The topological polar surface area (TPSA) is 30.0 Å². The standard InChI is InChI=1S/C14H9NO/c16-13-7-3-5-11-9-15-8-10-4-1-2-6-12(10)14(11)13/h1-9H. The summed E-state index contributed by atoms with van der Waals surface area (Å²) < 4.78 is 0. The molecule has 1 aliphatic carbocycles. The van der Waals surface area contributed by atoms with Crippen molar-refractivity contribution in [1.29, 1.82) is 0 Å². The Labute approximate surface area is 92.5 Å². The second-order valence-electron chi connectivity index (χ2n) is 3.71. The third-order valence-electron chi connectivity index (χ3n) is 2.72. The fourth-order valence-electron chi connectivity index (χ4n) is 1.98. The fraction of sp³-hybridized carbons (Fsp3) is 0. The lowest BCUT2D eigenvalue weighted by molar-refractivity contribution is 1.38. The maximum atomic E-state index is 11.9. The molecule has 16 heavy (non-hydrogen) atoms. The summed E-state index contributed by atoms with van der Waals surface area (Å²) in [7, 11) is 0. The maximum Gasteiger partial charge on any atom is 0.187 e. The molecule has 0 radical (unpaired) electrons. The zero-order chi connectivity index (χ0) is 11.0. The molecule has 0 spiro atoms. The van der Waals surface area contributed by atoms with Crippen LogP contribution in [-0.4, -0.2) is 4.98 Å². The van der Waals surface area contributed by atoms with Gasteiger partial charge in [-0.3, -0.25) is 9.78 Å². The van der Waals surface area contributed by atoms with Gasteiger partial charge in [0.05, 0.1) is 0 Å². The minimum atomic E-state index is 0.0479. The highest BCUT2D eigenvalue weighted by atomic mass is 16.1. The molecular formula is C14H9NO. The van der Waals surface area contributed by atoms with Crippen molar-refractivity contribution in [1.82, 2.24) is 4.98 Å². The highest BCUT2D eigenvalue weighted by Crippen LogP contribution is 2.24. The van der Waals surface area contributed by atoms with Crippen molar-refractivity contribution < 1.29 is 0 Å². The highest BCUT2D eigenvalue weighted by molar-refractivity contribution is 5.95. The van der Waals surface area contributed by atoms with Gasteiger partial charge in [0, 0.05) is 28.9 Å². The normalized spacial score (nSPS) is 10.8. The van der Waals surface area contributed by atoms with Crippen LogP contribution < -0.4 is 5.43 Å². The summed E-state index contributed by atoms with van der Waals surface area (Å²) in [6.45, 7) is 0. The molecule has 0 unspecified atom stereocenters. The molecule has 2 nitrogen and oxygen atoms in total. The third-order valence-corrected chi connectivity index (χ3v) is 2.72. The van der Waals surface area contributed by atoms with Gasteiger partial charge in [-0.25, -0.2) is 0 Å². The Balaban J connectivity index is 2.64. The van der Waals surface area contributed by atoms with Crippen LogP contribution in [0.1, 0.15) is 0 Å². The van der Waals surface area contributed by atoms with Crippen molar-refractivity contribution in [3.05, 3.63) is 65.1 Å². The summed E-state index contributed by atoms with van der Waals surface area (Å²) in [4.78, 5) is 16.1. The molecule has 0 amide bonds. The summed E-state index contributed by atoms with van der Waals surface area (Å²) in [5.74, 6) is 0. The van der Waals surface area contributed by atoms with Crippen LogP contribution in [0.3, 0.4) is 0 Å². The molecule has 1 aromatic rings. The van der Waals surface area contributed by atoms with Gasteiger partial charge in [0.1, 0.15) is 0 Å². The largest absolute Gasteiger partial charge is 0.289 e. The Morgan fingerprint density at radius 1 is 0.875 bits per heavy atom. The average molecular weight is 207 g/mol. The number of rotatable bonds is 0. The molecule has 0 saturated heterocycles. The molecule has 0 atom stereocenters. The van der Waals surface area contributed by atoms with Crippen LogP contribution >= 0.6 is 0 Å². The van der Waals surface area contributed by atoms with Crippen LogP contribution in [0.25, 0.3) is 21.9 Å². The molecular weight excluding hydrogens is 198 g/mol. The molecule has 1 heterocycles. The van der Waals surface area contributed by atoms with Crippen LogP contribution in [0.4, 0.5) is 0 Å². The minimum absolute atomic E-state index is 0.0479. The van der Waals surface area contributed by atoms with Crippen molar-refractivity contribution in [3.8, 4) is 11.1 Å². The van der Waals surface area contributed by atoms with Gasteiger partial charge < -0.3 is 0 Å². The summed E-state index contributed by atoms with van der Waals surface area (Å²) in [5, 5.41) is 1.95. The maximum absolute atomic E-state index is 11.9. The minimum Gasteiger partial charge on any atom is -0.289 e. The molecule has 76 valence electrons. The van der Waals surface area contributed by atoms with Gasteiger partial charge in [-0.1, -0.05) is 36.4 Å². The van der Waals surface area contributed by atoms with E-state index in [2.05, 4.69) is 4.98 Å². The van der Waals surface area contributed by atoms with Crippen LogP contribution in [0.15, 0.2) is 59.7 Å². The zero-order valence-electron chi connectivity index (χ0n) is 8.55. The molecule has 0 fully saturated rings. The van der Waals surface area contributed by atoms with E-state index in [1.807, 2.05) is 30.3 Å². The van der Waals surface area contributed by atoms with Crippen LogP contribution in [0, 0.1) is 0 Å². The van der Waals surface area contributed by atoms with Gasteiger partial charge in [-0.2, -0.15) is 0 Å². The van der Waals surface area contributed by atoms with E-state index in [1.165, 1.54) is 0 Å². The number of nitrogens with zero attached hydrogens (tertiary/aromatic N) is 1. The Morgan fingerprint density at radius 3 is 2.69 bits per heavy atom. The van der Waals surface area contributed by atoms with Gasteiger partial charge in [-0.15, -0.1) is 0 Å². The first-order valence-corrected chi connectivity index (χ1v) is 5.12. The van der Waals surface area contributed by atoms with Gasteiger partial charge in [-0.05, 0) is 11.5 Å². The lowest BCUT2D eigenvalue weighted by atomic mass is 10.0. The summed E-state index contributed by atoms with van der Waals surface area (Å²) in [5.41, 5.74) is 1.68. The van der Waals surface area contributed by atoms with E-state index >= 15 is 0 Å². The lowest BCUT2D eigenvalue weighted by Gasteiger charge is -2.00. The lowest BCUT2D eigenvalue weighted by Crippen LogP contribution is -2.02. The average Bonchev–Trinajstić information content (AvgIpc) is 2.49. The predicted octanol–water partition coefficient (Wildman–Crippen LogP) is 2.70. The Morgan fingerprint density at radius 2 is 1.75 bits per heavy atom. The second-order valence-corrected chi connectivity index (χ2v) is 3.71. The van der Waals surface area contributed by atoms with E-state index in [0.717, 1.165) is 21.9 Å². The van der Waals surface area contributed by atoms with Gasteiger partial charge in [0.15, 0.2) is 5.43 Å². The smallest absolute Gasteiger partial charge is 0.187 e. The van der Waals surface area contributed by atoms with Gasteiger partial charge in [0.2, 0.25) is 0 Å². The number of hydrogen-bond acceptors (Lipinski definition) is 2. The molecule has 1 aliphatic heterocycles. The van der Waals surface area contributed by atoms with Crippen LogP contribution in [0.2, 0.25) is 0 Å². The Kier molecular flexibility index (Phi) is 1.93. The van der Waals surface area contributed by atoms with E-state index in [9.17, 15) is 4.79 Å². The summed E-state index contributed by atoms with van der Waals surface area (Å²) in [6.07, 6.45) is 3.52. The van der Waals surface area contributed by atoms with E-state index in [1.54, 1.807) is 24.5 Å². The molecule has 0 N–H and O–H groups in total. The van der Waals surface area contributed by atoms with E-state index in [-0.39, 0.29) is 5.43 Å². The molecule has 0 aromatic heterocycles. The van der Waals surface area contributed by atoms with Crippen LogP contribution in [-0.2, 0) is 0 Å². The van der Waals surface area contributed by atoms with Crippen molar-refractivity contribution >= 4 is 10.8 Å². The van der Waals surface area contributed by atoms with Gasteiger partial charge >= 0.3 is 0 Å². The van der Waals surface area contributed by atoms with E-state index in [4.69, 9.17) is 0 Å². The quantitative estimate of drug-likeness (QED) is 0.567. The first-order chi connectivity index (χ1) is 7.86. The number of fused-ring (bicyclic) bond motifs is 3. The summed E-state index contributed by atoms with van der Waals surface area (Å²) >= 11 is 0. The van der Waals surface area contributed by atoms with Crippen molar-refractivity contribution in [2.24, 2.45) is 0 Å².